The summed E-state index contributed by atoms with van der Waals surface area (Å²) in [4.78, 5) is 12.3. The maximum absolute atomic E-state index is 12.3. The number of likely N-dealkylation sites (tertiary alicyclic amines) is 1. The molecule has 3 heteroatoms. The van der Waals surface area contributed by atoms with Gasteiger partial charge in [-0.15, -0.1) is 0 Å². The Kier molecular flexibility index (Phi) is 8.20. The third-order valence-electron chi connectivity index (χ3n) is 5.14. The molecule has 1 aliphatic heterocycles. The molecule has 0 N–H and O–H groups in total. The molecular formula is C22H34NO2+. The van der Waals surface area contributed by atoms with Crippen molar-refractivity contribution in [2.45, 2.75) is 52.4 Å². The van der Waals surface area contributed by atoms with Gasteiger partial charge in [0.05, 0.1) is 26.2 Å². The van der Waals surface area contributed by atoms with Crippen LogP contribution in [0.15, 0.2) is 42.0 Å². The number of hydrogen-bond acceptors (Lipinski definition) is 2. The van der Waals surface area contributed by atoms with Crippen molar-refractivity contribution >= 4 is 5.97 Å². The molecule has 0 spiro atoms. The van der Waals surface area contributed by atoms with Crippen LogP contribution in [0.25, 0.3) is 0 Å². The summed E-state index contributed by atoms with van der Waals surface area (Å²) in [6.07, 6.45) is 9.08. The Hall–Kier alpha value is -1.61. The largest absolute Gasteiger partial charge is 0.462 e. The van der Waals surface area contributed by atoms with E-state index in [0.29, 0.717) is 13.2 Å². The van der Waals surface area contributed by atoms with Crippen LogP contribution in [0.2, 0.25) is 0 Å². The summed E-state index contributed by atoms with van der Waals surface area (Å²) >= 11 is 0. The number of unbranched alkanes of at least 4 members (excludes halogenated alkanes) is 1. The highest BCUT2D eigenvalue weighted by Crippen LogP contribution is 2.20. The lowest BCUT2D eigenvalue weighted by molar-refractivity contribution is -0.920. The van der Waals surface area contributed by atoms with Crippen LogP contribution in [0.3, 0.4) is 0 Å². The van der Waals surface area contributed by atoms with Gasteiger partial charge in [0.15, 0.2) is 6.54 Å². The first-order valence-corrected chi connectivity index (χ1v) is 9.84. The predicted molar refractivity (Wildman–Crippen MR) is 103 cm³/mol. The highest BCUT2D eigenvalue weighted by Gasteiger charge is 2.32. The number of carbonyl (C=O) groups is 1. The monoisotopic (exact) mass is 344 g/mol. The SMILES string of the molecule is CCCCOC(=O)C[N+]1(C/C=C(/C)Cc2ccccc2)CCCCC1. The summed E-state index contributed by atoms with van der Waals surface area (Å²) in [6.45, 7) is 8.55. The normalized spacial score (nSPS) is 17.3. The molecule has 1 saturated heterocycles. The van der Waals surface area contributed by atoms with Crippen LogP contribution in [0, 0.1) is 0 Å². The van der Waals surface area contributed by atoms with Gasteiger partial charge in [-0.3, -0.25) is 0 Å². The van der Waals surface area contributed by atoms with Crippen LogP contribution in [0.1, 0.15) is 51.5 Å². The Morgan fingerprint density at radius 3 is 2.56 bits per heavy atom. The van der Waals surface area contributed by atoms with E-state index in [-0.39, 0.29) is 5.97 Å². The third-order valence-corrected chi connectivity index (χ3v) is 5.14. The fourth-order valence-corrected chi connectivity index (χ4v) is 3.58. The van der Waals surface area contributed by atoms with Gasteiger partial charge in [-0.2, -0.15) is 0 Å². The minimum atomic E-state index is -0.0236. The molecule has 2 rings (SSSR count). The molecule has 1 fully saturated rings. The molecule has 0 bridgehead atoms. The van der Waals surface area contributed by atoms with Crippen LogP contribution in [-0.4, -0.2) is 43.2 Å². The van der Waals surface area contributed by atoms with Gasteiger partial charge < -0.3 is 9.22 Å². The summed E-state index contributed by atoms with van der Waals surface area (Å²) in [6, 6.07) is 10.6. The number of carbonyl (C=O) groups excluding carboxylic acids is 1. The first-order chi connectivity index (χ1) is 12.1. The average Bonchev–Trinajstić information content (AvgIpc) is 2.62. The standard InChI is InChI=1S/C22H34NO2/c1-3-4-17-25-22(24)19-23(14-9-6-10-15-23)16-13-20(2)18-21-11-7-5-8-12-21/h5,7-8,11-13H,3-4,6,9-10,14-19H2,1-2H3/q+1/b20-13-. The number of allylic oxidation sites excluding steroid dienone is 1. The third kappa shape index (κ3) is 7.03. The van der Waals surface area contributed by atoms with Crippen molar-refractivity contribution in [2.24, 2.45) is 0 Å². The molecule has 1 aromatic carbocycles. The number of hydrogen-bond donors (Lipinski definition) is 0. The number of rotatable bonds is 9. The maximum atomic E-state index is 12.3. The lowest BCUT2D eigenvalue weighted by Gasteiger charge is -2.40. The van der Waals surface area contributed by atoms with E-state index in [1.165, 1.54) is 30.4 Å². The summed E-state index contributed by atoms with van der Waals surface area (Å²) in [5.41, 5.74) is 2.73. The molecule has 0 amide bonds. The molecular weight excluding hydrogens is 310 g/mol. The Labute approximate surface area is 153 Å². The number of ether oxygens (including phenoxy) is 1. The van der Waals surface area contributed by atoms with Crippen molar-refractivity contribution in [1.82, 2.24) is 0 Å². The minimum Gasteiger partial charge on any atom is -0.462 e. The Bertz CT molecular complexity index is 544. The zero-order chi connectivity index (χ0) is 18.0. The van der Waals surface area contributed by atoms with Gasteiger partial charge in [0.1, 0.15) is 0 Å². The maximum Gasteiger partial charge on any atom is 0.361 e. The quantitative estimate of drug-likeness (QED) is 0.285. The fraction of sp³-hybridized carbons (Fsp3) is 0.591. The van der Waals surface area contributed by atoms with E-state index in [1.807, 2.05) is 0 Å². The van der Waals surface area contributed by atoms with Crippen molar-refractivity contribution in [3.8, 4) is 0 Å². The fourth-order valence-electron chi connectivity index (χ4n) is 3.58. The zero-order valence-electron chi connectivity index (χ0n) is 16.0. The molecule has 0 unspecified atom stereocenters. The van der Waals surface area contributed by atoms with E-state index in [1.54, 1.807) is 0 Å². The number of esters is 1. The molecule has 1 heterocycles. The number of piperidine rings is 1. The molecule has 3 nitrogen and oxygen atoms in total. The Morgan fingerprint density at radius 2 is 1.88 bits per heavy atom. The van der Waals surface area contributed by atoms with Gasteiger partial charge in [0.2, 0.25) is 0 Å². The average molecular weight is 345 g/mol. The van der Waals surface area contributed by atoms with Gasteiger partial charge in [-0.1, -0.05) is 49.2 Å². The smallest absolute Gasteiger partial charge is 0.361 e. The Balaban J connectivity index is 1.94. The number of quaternary nitrogens is 1. The molecule has 1 aromatic rings. The molecule has 0 radical (unpaired) electrons. The van der Waals surface area contributed by atoms with Gasteiger partial charge >= 0.3 is 5.97 Å². The predicted octanol–water partition coefficient (Wildman–Crippen LogP) is 4.52. The summed E-state index contributed by atoms with van der Waals surface area (Å²) in [5.74, 6) is -0.0236. The first-order valence-electron chi connectivity index (χ1n) is 9.84. The van der Waals surface area contributed by atoms with E-state index in [0.717, 1.165) is 43.4 Å². The molecule has 25 heavy (non-hydrogen) atoms. The van der Waals surface area contributed by atoms with Crippen molar-refractivity contribution in [2.75, 3.05) is 32.8 Å². The summed E-state index contributed by atoms with van der Waals surface area (Å²) in [5, 5.41) is 0. The molecule has 0 saturated carbocycles. The highest BCUT2D eigenvalue weighted by molar-refractivity contribution is 5.70. The van der Waals surface area contributed by atoms with Crippen LogP contribution < -0.4 is 0 Å². The van der Waals surface area contributed by atoms with Crippen molar-refractivity contribution < 1.29 is 14.0 Å². The van der Waals surface area contributed by atoms with E-state index < -0.39 is 0 Å². The first kappa shape index (κ1) is 19.7. The second-order valence-corrected chi connectivity index (χ2v) is 7.48. The van der Waals surface area contributed by atoms with E-state index in [2.05, 4.69) is 50.3 Å². The van der Waals surface area contributed by atoms with E-state index >= 15 is 0 Å². The zero-order valence-corrected chi connectivity index (χ0v) is 16.0. The molecule has 138 valence electrons. The van der Waals surface area contributed by atoms with Crippen LogP contribution in [-0.2, 0) is 16.0 Å². The minimum absolute atomic E-state index is 0.0236. The molecule has 1 aliphatic rings. The summed E-state index contributed by atoms with van der Waals surface area (Å²) < 4.78 is 6.31. The van der Waals surface area contributed by atoms with Crippen LogP contribution in [0.4, 0.5) is 0 Å². The lowest BCUT2D eigenvalue weighted by Crippen LogP contribution is -2.54. The van der Waals surface area contributed by atoms with Crippen molar-refractivity contribution in [3.05, 3.63) is 47.5 Å². The van der Waals surface area contributed by atoms with Crippen molar-refractivity contribution in [3.63, 3.8) is 0 Å². The van der Waals surface area contributed by atoms with Crippen molar-refractivity contribution in [1.29, 1.82) is 0 Å². The van der Waals surface area contributed by atoms with Crippen LogP contribution >= 0.6 is 0 Å². The second kappa shape index (κ2) is 10.4. The highest BCUT2D eigenvalue weighted by atomic mass is 16.5. The molecule has 0 aromatic heterocycles. The van der Waals surface area contributed by atoms with Gasteiger partial charge in [-0.05, 0) is 50.7 Å². The summed E-state index contributed by atoms with van der Waals surface area (Å²) in [7, 11) is 0. The lowest BCUT2D eigenvalue weighted by atomic mass is 10.0. The molecule has 0 atom stereocenters. The van der Waals surface area contributed by atoms with Gasteiger partial charge in [0, 0.05) is 0 Å². The van der Waals surface area contributed by atoms with E-state index in [9.17, 15) is 4.79 Å². The second-order valence-electron chi connectivity index (χ2n) is 7.48. The Morgan fingerprint density at radius 1 is 1.16 bits per heavy atom. The number of benzene rings is 1. The van der Waals surface area contributed by atoms with Crippen LogP contribution in [0.5, 0.6) is 0 Å². The number of nitrogens with zero attached hydrogens (tertiary/aromatic N) is 1. The van der Waals surface area contributed by atoms with Gasteiger partial charge in [-0.25, -0.2) is 4.79 Å². The topological polar surface area (TPSA) is 26.3 Å². The van der Waals surface area contributed by atoms with Gasteiger partial charge in [0.25, 0.3) is 0 Å². The molecule has 0 aliphatic carbocycles. The van der Waals surface area contributed by atoms with E-state index in [4.69, 9.17) is 4.74 Å².